The Kier molecular flexibility index (Phi) is 4.99. The summed E-state index contributed by atoms with van der Waals surface area (Å²) in [7, 11) is 1.48. The zero-order valence-corrected chi connectivity index (χ0v) is 12.1. The average Bonchev–Trinajstić information content (AvgIpc) is 2.84. The van der Waals surface area contributed by atoms with Gasteiger partial charge in [-0.1, -0.05) is 29.8 Å². The van der Waals surface area contributed by atoms with Crippen molar-refractivity contribution >= 4 is 5.97 Å². The van der Waals surface area contributed by atoms with E-state index in [1.807, 2.05) is 25.1 Å². The van der Waals surface area contributed by atoms with E-state index in [0.29, 0.717) is 18.8 Å². The molecular formula is C14H18N4O3. The molecule has 0 saturated carbocycles. The number of benzene rings is 1. The van der Waals surface area contributed by atoms with Crippen molar-refractivity contribution in [2.45, 2.75) is 32.4 Å². The molecule has 0 saturated heterocycles. The number of carboxylic acid groups (broad SMARTS) is 1. The largest absolute Gasteiger partial charge is 0.481 e. The number of hydrogen-bond acceptors (Lipinski definition) is 5. The molecule has 2 aromatic rings. The molecular weight excluding hydrogens is 272 g/mol. The molecule has 112 valence electrons. The van der Waals surface area contributed by atoms with Crippen molar-refractivity contribution in [2.24, 2.45) is 0 Å². The van der Waals surface area contributed by atoms with Crippen LogP contribution in [0.15, 0.2) is 24.3 Å². The van der Waals surface area contributed by atoms with Crippen LogP contribution in [-0.2, 0) is 22.5 Å². The minimum atomic E-state index is -0.907. The van der Waals surface area contributed by atoms with Gasteiger partial charge in [-0.15, -0.1) is 5.10 Å². The second-order valence-electron chi connectivity index (χ2n) is 4.90. The summed E-state index contributed by atoms with van der Waals surface area (Å²) < 4.78 is 6.76. The van der Waals surface area contributed by atoms with Crippen LogP contribution in [0.3, 0.4) is 0 Å². The van der Waals surface area contributed by atoms with Gasteiger partial charge in [-0.05, 0) is 22.9 Å². The predicted molar refractivity (Wildman–Crippen MR) is 74.9 cm³/mol. The zero-order valence-electron chi connectivity index (χ0n) is 12.1. The summed E-state index contributed by atoms with van der Waals surface area (Å²) in [5.74, 6) is -0.219. The lowest BCUT2D eigenvalue weighted by Crippen LogP contribution is -2.24. The lowest BCUT2D eigenvalue weighted by atomic mass is 10.1. The van der Waals surface area contributed by atoms with E-state index in [1.165, 1.54) is 12.7 Å². The average molecular weight is 290 g/mol. The van der Waals surface area contributed by atoms with Crippen LogP contribution >= 0.6 is 0 Å². The van der Waals surface area contributed by atoms with Gasteiger partial charge in [-0.25, -0.2) is 4.68 Å². The van der Waals surface area contributed by atoms with Crippen molar-refractivity contribution in [1.82, 2.24) is 20.2 Å². The summed E-state index contributed by atoms with van der Waals surface area (Å²) in [6.45, 7) is 2.34. The molecule has 1 aromatic carbocycles. The molecule has 7 heteroatoms. The van der Waals surface area contributed by atoms with E-state index in [1.54, 1.807) is 4.68 Å². The number of rotatable bonds is 7. The van der Waals surface area contributed by atoms with Gasteiger partial charge in [-0.2, -0.15) is 0 Å². The highest BCUT2D eigenvalue weighted by Crippen LogP contribution is 2.10. The van der Waals surface area contributed by atoms with Crippen LogP contribution in [0.4, 0.5) is 0 Å². The van der Waals surface area contributed by atoms with Crippen LogP contribution in [0.2, 0.25) is 0 Å². The molecule has 1 unspecified atom stereocenters. The van der Waals surface area contributed by atoms with Crippen LogP contribution in [-0.4, -0.2) is 44.5 Å². The Hall–Kier alpha value is -2.28. The van der Waals surface area contributed by atoms with E-state index in [2.05, 4.69) is 21.6 Å². The molecule has 1 atom stereocenters. The minimum Gasteiger partial charge on any atom is -0.481 e. The summed E-state index contributed by atoms with van der Waals surface area (Å²) in [6, 6.07) is 8.10. The molecule has 7 nitrogen and oxygen atoms in total. The Balaban J connectivity index is 2.09. The summed E-state index contributed by atoms with van der Waals surface area (Å²) in [4.78, 5) is 10.8. The third kappa shape index (κ3) is 4.35. The second-order valence-corrected chi connectivity index (χ2v) is 4.90. The Morgan fingerprint density at radius 1 is 1.48 bits per heavy atom. The third-order valence-corrected chi connectivity index (χ3v) is 3.16. The number of ether oxygens (including phenoxy) is 1. The lowest BCUT2D eigenvalue weighted by molar-refractivity contribution is -0.140. The van der Waals surface area contributed by atoms with Gasteiger partial charge in [0.05, 0.1) is 19.1 Å². The Bertz CT molecular complexity index is 612. The van der Waals surface area contributed by atoms with Crippen molar-refractivity contribution in [1.29, 1.82) is 0 Å². The summed E-state index contributed by atoms with van der Waals surface area (Å²) in [5, 5.41) is 20.4. The number of carboxylic acids is 1. The van der Waals surface area contributed by atoms with Gasteiger partial charge in [0.2, 0.25) is 0 Å². The Labute approximate surface area is 122 Å². The van der Waals surface area contributed by atoms with Gasteiger partial charge in [0.15, 0.2) is 5.82 Å². The van der Waals surface area contributed by atoms with Crippen molar-refractivity contribution in [3.05, 3.63) is 41.2 Å². The van der Waals surface area contributed by atoms with Gasteiger partial charge in [0.25, 0.3) is 0 Å². The molecule has 0 fully saturated rings. The summed E-state index contributed by atoms with van der Waals surface area (Å²) >= 11 is 0. The molecule has 0 amide bonds. The van der Waals surface area contributed by atoms with E-state index in [0.717, 1.165) is 5.56 Å². The minimum absolute atomic E-state index is 0.0831. The van der Waals surface area contributed by atoms with E-state index in [9.17, 15) is 4.79 Å². The summed E-state index contributed by atoms with van der Waals surface area (Å²) in [6.07, 6.45) is 0.0561. The van der Waals surface area contributed by atoms with Gasteiger partial charge < -0.3 is 9.84 Å². The highest BCUT2D eigenvalue weighted by Gasteiger charge is 2.16. The molecule has 0 aliphatic carbocycles. The first-order valence-corrected chi connectivity index (χ1v) is 6.63. The van der Waals surface area contributed by atoms with Crippen molar-refractivity contribution in [3.8, 4) is 0 Å². The molecule has 1 N–H and O–H groups in total. The van der Waals surface area contributed by atoms with E-state index in [-0.39, 0.29) is 6.42 Å². The highest BCUT2D eigenvalue weighted by atomic mass is 16.5. The van der Waals surface area contributed by atoms with Crippen molar-refractivity contribution in [2.75, 3.05) is 7.11 Å². The molecule has 0 aliphatic rings. The van der Waals surface area contributed by atoms with Crippen LogP contribution in [0, 0.1) is 6.92 Å². The third-order valence-electron chi connectivity index (χ3n) is 3.16. The van der Waals surface area contributed by atoms with Crippen molar-refractivity contribution in [3.63, 3.8) is 0 Å². The Morgan fingerprint density at radius 3 is 2.95 bits per heavy atom. The predicted octanol–water partition coefficient (Wildman–Crippen LogP) is 1.06. The van der Waals surface area contributed by atoms with Gasteiger partial charge in [0.1, 0.15) is 0 Å². The topological polar surface area (TPSA) is 90.1 Å². The van der Waals surface area contributed by atoms with Gasteiger partial charge in [-0.3, -0.25) is 4.79 Å². The highest BCUT2D eigenvalue weighted by molar-refractivity contribution is 5.67. The molecule has 1 aromatic heterocycles. The first-order chi connectivity index (χ1) is 10.1. The van der Waals surface area contributed by atoms with Crippen LogP contribution in [0.1, 0.15) is 23.4 Å². The molecule has 0 bridgehead atoms. The number of tetrazole rings is 1. The van der Waals surface area contributed by atoms with Crippen LogP contribution in [0.25, 0.3) is 0 Å². The number of aliphatic carboxylic acids is 1. The molecule has 0 radical (unpaired) electrons. The number of nitrogens with zero attached hydrogens (tertiary/aromatic N) is 4. The zero-order chi connectivity index (χ0) is 15.2. The molecule has 1 heterocycles. The number of carbonyl (C=O) groups is 1. The molecule has 0 spiro atoms. The fourth-order valence-electron chi connectivity index (χ4n) is 2.11. The molecule has 2 rings (SSSR count). The lowest BCUT2D eigenvalue weighted by Gasteiger charge is -2.13. The maximum absolute atomic E-state index is 10.8. The van der Waals surface area contributed by atoms with Gasteiger partial charge >= 0.3 is 5.97 Å². The van der Waals surface area contributed by atoms with Crippen LogP contribution in [0.5, 0.6) is 0 Å². The van der Waals surface area contributed by atoms with E-state index in [4.69, 9.17) is 9.84 Å². The number of hydrogen-bond donors (Lipinski definition) is 1. The van der Waals surface area contributed by atoms with Gasteiger partial charge in [0, 0.05) is 13.5 Å². The first kappa shape index (κ1) is 15.1. The SMILES string of the molecule is COC(CC(=O)O)Cn1nnnc1Cc1cccc(C)c1. The molecule has 0 aliphatic heterocycles. The fourth-order valence-corrected chi connectivity index (χ4v) is 2.11. The number of aryl methyl sites for hydroxylation is 1. The smallest absolute Gasteiger partial charge is 0.306 e. The monoisotopic (exact) mass is 290 g/mol. The quantitative estimate of drug-likeness (QED) is 0.820. The summed E-state index contributed by atoms with van der Waals surface area (Å²) in [5.41, 5.74) is 2.28. The first-order valence-electron chi connectivity index (χ1n) is 6.63. The number of methoxy groups -OCH3 is 1. The molecule has 21 heavy (non-hydrogen) atoms. The normalized spacial score (nSPS) is 12.3. The van der Waals surface area contributed by atoms with E-state index < -0.39 is 12.1 Å². The standard InChI is InChI=1S/C14H18N4O3/c1-10-4-3-5-11(6-10)7-13-15-16-17-18(13)9-12(21-2)8-14(19)20/h3-6,12H,7-9H2,1-2H3,(H,19,20). The van der Waals surface area contributed by atoms with Crippen LogP contribution < -0.4 is 0 Å². The van der Waals surface area contributed by atoms with Crippen molar-refractivity contribution < 1.29 is 14.6 Å². The fraction of sp³-hybridized carbons (Fsp3) is 0.429. The Morgan fingerprint density at radius 2 is 2.29 bits per heavy atom. The maximum atomic E-state index is 10.8. The second kappa shape index (κ2) is 6.94. The van der Waals surface area contributed by atoms with E-state index >= 15 is 0 Å². The number of aromatic nitrogens is 4. The maximum Gasteiger partial charge on any atom is 0.306 e.